The van der Waals surface area contributed by atoms with E-state index in [-0.39, 0.29) is 5.41 Å². The van der Waals surface area contributed by atoms with Crippen LogP contribution in [-0.4, -0.2) is 37.9 Å². The van der Waals surface area contributed by atoms with Gasteiger partial charge >= 0.3 is 0 Å². The normalized spacial score (nSPS) is 12.4. The van der Waals surface area contributed by atoms with E-state index in [1.807, 2.05) is 19.9 Å². The van der Waals surface area contributed by atoms with Crippen LogP contribution in [0.5, 0.6) is 5.75 Å². The van der Waals surface area contributed by atoms with E-state index in [1.54, 1.807) is 0 Å². The second kappa shape index (κ2) is 13.0. The fourth-order valence-corrected chi connectivity index (χ4v) is 5.09. The van der Waals surface area contributed by atoms with Crippen molar-refractivity contribution in [1.29, 1.82) is 0 Å². The summed E-state index contributed by atoms with van der Waals surface area (Å²) in [5, 5.41) is 24.6. The summed E-state index contributed by atoms with van der Waals surface area (Å²) in [7, 11) is 0. The summed E-state index contributed by atoms with van der Waals surface area (Å²) in [6.07, 6.45) is 10.2. The molecule has 6 nitrogen and oxygen atoms in total. The quantitative estimate of drug-likeness (QED) is 0.234. The molecule has 3 aromatic rings. The van der Waals surface area contributed by atoms with Crippen molar-refractivity contribution in [3.05, 3.63) is 76.1 Å². The number of hydrogen-bond acceptors (Lipinski definition) is 5. The Morgan fingerprint density at radius 2 is 1.57 bits per heavy atom. The highest BCUT2D eigenvalue weighted by Crippen LogP contribution is 2.41. The number of H-pyrrole nitrogens is 1. The summed E-state index contributed by atoms with van der Waals surface area (Å²) in [5.41, 5.74) is 5.42. The number of benzene rings is 2. The lowest BCUT2D eigenvalue weighted by Crippen LogP contribution is -2.26. The monoisotopic (exact) mass is 504 g/mol. The van der Waals surface area contributed by atoms with Crippen LogP contribution in [-0.2, 0) is 11.8 Å². The lowest BCUT2D eigenvalue weighted by atomic mass is 9.70. The van der Waals surface area contributed by atoms with Gasteiger partial charge in [0.25, 0.3) is 0 Å². The average molecular weight is 505 g/mol. The second-order valence-corrected chi connectivity index (χ2v) is 10.1. The van der Waals surface area contributed by atoms with E-state index in [9.17, 15) is 5.11 Å². The van der Waals surface area contributed by atoms with Crippen molar-refractivity contribution in [2.24, 2.45) is 0 Å². The van der Waals surface area contributed by atoms with Gasteiger partial charge in [-0.2, -0.15) is 0 Å². The smallest absolute Gasteiger partial charge is 0.148 e. The molecule has 2 aromatic carbocycles. The van der Waals surface area contributed by atoms with Crippen molar-refractivity contribution in [3.63, 3.8) is 0 Å². The van der Waals surface area contributed by atoms with Crippen molar-refractivity contribution in [2.45, 2.75) is 97.5 Å². The van der Waals surface area contributed by atoms with Crippen LogP contribution in [0.25, 0.3) is 6.08 Å². The minimum absolute atomic E-state index is 0.0605. The van der Waals surface area contributed by atoms with E-state index in [0.717, 1.165) is 54.8 Å². The maximum atomic E-state index is 10.7. The van der Waals surface area contributed by atoms with E-state index >= 15 is 0 Å². The first-order valence-corrected chi connectivity index (χ1v) is 13.8. The third-order valence-electron chi connectivity index (χ3n) is 8.01. The van der Waals surface area contributed by atoms with Gasteiger partial charge in [0, 0.05) is 11.8 Å². The highest BCUT2D eigenvalue weighted by Gasteiger charge is 2.31. The van der Waals surface area contributed by atoms with E-state index in [4.69, 9.17) is 4.74 Å². The molecule has 0 aliphatic rings. The number of nitrogens with zero attached hydrogens (tertiary/aromatic N) is 3. The van der Waals surface area contributed by atoms with Crippen molar-refractivity contribution in [3.8, 4) is 5.75 Å². The fourth-order valence-electron chi connectivity index (χ4n) is 5.09. The molecule has 0 aliphatic heterocycles. The highest BCUT2D eigenvalue weighted by molar-refractivity contribution is 5.57. The third kappa shape index (κ3) is 6.86. The van der Waals surface area contributed by atoms with Gasteiger partial charge in [-0.05, 0) is 96.7 Å². The van der Waals surface area contributed by atoms with Crippen molar-refractivity contribution >= 4 is 6.08 Å². The Balaban J connectivity index is 1.75. The zero-order valence-electron chi connectivity index (χ0n) is 23.5. The Labute approximate surface area is 222 Å². The largest absolute Gasteiger partial charge is 0.493 e. The summed E-state index contributed by atoms with van der Waals surface area (Å²) >= 11 is 0. The minimum Gasteiger partial charge on any atom is -0.493 e. The van der Waals surface area contributed by atoms with Crippen molar-refractivity contribution in [2.75, 3.05) is 6.61 Å². The molecule has 0 atom stereocenters. The molecular weight excluding hydrogens is 460 g/mol. The Hall–Kier alpha value is -2.99. The number of hydrogen-bond donors (Lipinski definition) is 2. The molecule has 0 radical (unpaired) electrons. The molecule has 0 unspecified atom stereocenters. The molecule has 0 saturated heterocycles. The molecule has 1 heterocycles. The van der Waals surface area contributed by atoms with Gasteiger partial charge in [0.05, 0.1) is 12.2 Å². The van der Waals surface area contributed by atoms with Crippen LogP contribution >= 0.6 is 0 Å². The number of ether oxygens (including phenoxy) is 1. The average Bonchev–Trinajstić information content (AvgIpc) is 3.43. The first kappa shape index (κ1) is 28.6. The predicted octanol–water partition coefficient (Wildman–Crippen LogP) is 6.89. The second-order valence-electron chi connectivity index (χ2n) is 10.1. The Morgan fingerprint density at radius 3 is 2.14 bits per heavy atom. The minimum atomic E-state index is -0.739. The van der Waals surface area contributed by atoms with Crippen molar-refractivity contribution in [1.82, 2.24) is 20.6 Å². The number of rotatable bonds is 14. The van der Waals surface area contributed by atoms with Gasteiger partial charge in [-0.25, -0.2) is 5.10 Å². The first-order valence-electron chi connectivity index (χ1n) is 13.8. The predicted molar refractivity (Wildman–Crippen MR) is 151 cm³/mol. The molecule has 0 amide bonds. The van der Waals surface area contributed by atoms with Crippen LogP contribution in [0.1, 0.15) is 99.9 Å². The van der Waals surface area contributed by atoms with E-state index < -0.39 is 5.60 Å². The summed E-state index contributed by atoms with van der Waals surface area (Å²) in [4.78, 5) is 0. The molecule has 0 saturated carbocycles. The van der Waals surface area contributed by atoms with E-state index in [0.29, 0.717) is 19.4 Å². The van der Waals surface area contributed by atoms with Gasteiger partial charge in [0.15, 0.2) is 0 Å². The van der Waals surface area contributed by atoms with E-state index in [1.165, 1.54) is 16.7 Å². The molecule has 2 N–H and O–H groups in total. The van der Waals surface area contributed by atoms with Gasteiger partial charge < -0.3 is 9.84 Å². The summed E-state index contributed by atoms with van der Waals surface area (Å²) in [6.45, 7) is 13.6. The summed E-state index contributed by atoms with van der Waals surface area (Å²) in [5.74, 6) is 1.76. The highest BCUT2D eigenvalue weighted by atomic mass is 16.5. The van der Waals surface area contributed by atoms with Gasteiger partial charge in [0.1, 0.15) is 11.6 Å². The van der Waals surface area contributed by atoms with Crippen LogP contribution in [0.3, 0.4) is 0 Å². The van der Waals surface area contributed by atoms with Crippen LogP contribution < -0.4 is 4.74 Å². The van der Waals surface area contributed by atoms with Crippen LogP contribution in [0.4, 0.5) is 0 Å². The van der Waals surface area contributed by atoms with E-state index in [2.05, 4.69) is 90.8 Å². The lowest BCUT2D eigenvalue weighted by molar-refractivity contribution is 0.0836. The maximum Gasteiger partial charge on any atom is 0.148 e. The fraction of sp³-hybridized carbons (Fsp3) is 0.516. The van der Waals surface area contributed by atoms with Gasteiger partial charge in [-0.1, -0.05) is 70.2 Å². The molecule has 0 fully saturated rings. The summed E-state index contributed by atoms with van der Waals surface area (Å²) < 4.78 is 6.11. The molecule has 0 spiro atoms. The summed E-state index contributed by atoms with van der Waals surface area (Å²) in [6, 6.07) is 13.5. The number of aromatic nitrogens is 4. The number of aromatic amines is 1. The van der Waals surface area contributed by atoms with Crippen LogP contribution in [0.2, 0.25) is 0 Å². The molecule has 37 heavy (non-hydrogen) atoms. The zero-order valence-corrected chi connectivity index (χ0v) is 23.5. The standard InChI is InChI=1S/C31H44N4O2/c1-7-30(36,8-2)19-18-25-14-15-26(21-23(25)5)31(9-3,10-4)27-16-17-28(24(6)22-27)37-20-12-11-13-29-32-34-35-33-29/h14-19,21-22,36H,7-13,20H2,1-6H3,(H,32,33,34,35)/b19-18+. The van der Waals surface area contributed by atoms with Gasteiger partial charge in [-0.3, -0.25) is 0 Å². The zero-order chi connectivity index (χ0) is 26.9. The van der Waals surface area contributed by atoms with Gasteiger partial charge in [-0.15, -0.1) is 5.10 Å². The number of unbranched alkanes of at least 4 members (excludes halogenated alkanes) is 1. The molecular formula is C31H44N4O2. The Bertz CT molecular complexity index is 1150. The molecule has 0 bridgehead atoms. The number of aliphatic hydroxyl groups is 1. The number of nitrogens with one attached hydrogen (secondary N) is 1. The Kier molecular flexibility index (Phi) is 10.0. The SMILES string of the molecule is CCC(O)(/C=C/c1ccc(C(CC)(CC)c2ccc(OCCCCc3nnn[nH]3)c(C)c2)cc1C)CC. The lowest BCUT2D eigenvalue weighted by Gasteiger charge is -2.34. The molecule has 0 aliphatic carbocycles. The Morgan fingerprint density at radius 1 is 0.892 bits per heavy atom. The number of tetrazole rings is 1. The van der Waals surface area contributed by atoms with Gasteiger partial charge in [0.2, 0.25) is 0 Å². The maximum absolute atomic E-state index is 10.7. The molecule has 6 heteroatoms. The molecule has 3 rings (SSSR count). The third-order valence-corrected chi connectivity index (χ3v) is 8.01. The molecule has 200 valence electrons. The first-order chi connectivity index (χ1) is 17.8. The van der Waals surface area contributed by atoms with Crippen LogP contribution in [0.15, 0.2) is 42.5 Å². The van der Waals surface area contributed by atoms with Crippen molar-refractivity contribution < 1.29 is 9.84 Å². The molecule has 1 aromatic heterocycles. The van der Waals surface area contributed by atoms with Crippen LogP contribution in [0, 0.1) is 13.8 Å². The number of aryl methyl sites for hydroxylation is 3. The topological polar surface area (TPSA) is 83.9 Å².